The fraction of sp³-hybridized carbons (Fsp3) is 0. The number of benzene rings is 10. The second kappa shape index (κ2) is 48.1. The molecule has 21 heteroatoms. The Labute approximate surface area is 545 Å². The van der Waals surface area contributed by atoms with Crippen LogP contribution in [0.3, 0.4) is 0 Å². The number of carboxylic acids is 10. The molecule has 0 aliphatic heterocycles. The predicted molar refractivity (Wildman–Crippen MR) is 335 cm³/mol. The van der Waals surface area contributed by atoms with Crippen LogP contribution >= 0.6 is 0 Å². The van der Waals surface area contributed by atoms with Gasteiger partial charge in [-0.25, -0.2) is 47.9 Å². The molecule has 91 heavy (non-hydrogen) atoms. The van der Waals surface area contributed by atoms with Crippen LogP contribution in [0.1, 0.15) is 105 Å². The average molecular weight is 1250 g/mol. The Morgan fingerprint density at radius 2 is 0.198 bits per heavy atom. The predicted octanol–water partition coefficient (Wildman–Crippen LogP) is 11.0. The summed E-state index contributed by atoms with van der Waals surface area (Å²) >= 11 is 0. The van der Waals surface area contributed by atoms with Crippen molar-refractivity contribution in [2.24, 2.45) is 0 Å². The number of carboxylic acid groups (broad SMARTS) is 10. The Kier molecular flexibility index (Phi) is 41.7. The van der Waals surface area contributed by atoms with E-state index in [0.717, 1.165) is 0 Å². The van der Waals surface area contributed by atoms with Gasteiger partial charge in [-0.15, -0.1) is 0 Å². The molecule has 0 radical (unpaired) electrons. The SMILES string of the molecule is O=C(O)c1ccccc1.O=C(O)c1ccccc1.O=C(O)c1ccccc1.O=C(O)c1ccccc1.O=C(O)c1ccccc1.O=C(O)c1ccccc1.O=C(O)c1ccccc1.O=C(O)c1ccccc1.O=C(O)c1ccccc1.O=C(O)c1ccccc1.[H-].[Na+]. The van der Waals surface area contributed by atoms with Gasteiger partial charge in [0.25, 0.3) is 0 Å². The minimum absolute atomic E-state index is 0. The quantitative estimate of drug-likeness (QED) is 0.0569. The smallest absolute Gasteiger partial charge is 1.00 e. The number of hydrogen-bond donors (Lipinski definition) is 10. The Morgan fingerprint density at radius 1 is 0.143 bits per heavy atom. The maximum absolute atomic E-state index is 10.2. The third kappa shape index (κ3) is 38.5. The summed E-state index contributed by atoms with van der Waals surface area (Å²) in [4.78, 5) is 102. The van der Waals surface area contributed by atoms with Crippen LogP contribution in [0.15, 0.2) is 303 Å². The van der Waals surface area contributed by atoms with Gasteiger partial charge in [0.2, 0.25) is 0 Å². The zero-order valence-corrected chi connectivity index (χ0v) is 50.4. The maximum atomic E-state index is 10.2. The zero-order chi connectivity index (χ0) is 66.9. The topological polar surface area (TPSA) is 373 Å². The standard InChI is InChI=1S/10C7H6O2.Na.H/c10*8-7(9)6-4-2-1-3-5-6;;/h10*1-5H,(H,8,9);;/q;;;;;;;;;;+1;-1. The molecular weight excluding hydrogens is 1180 g/mol. The molecule has 0 unspecified atom stereocenters. The summed E-state index contributed by atoms with van der Waals surface area (Å²) in [6.07, 6.45) is 0. The molecule has 20 nitrogen and oxygen atoms in total. The Bertz CT molecular complexity index is 2870. The average Bonchev–Trinajstić information content (AvgIpc) is 3.69. The van der Waals surface area contributed by atoms with E-state index < -0.39 is 59.7 Å². The molecule has 10 N–H and O–H groups in total. The van der Waals surface area contributed by atoms with Crippen molar-refractivity contribution in [1.29, 1.82) is 0 Å². The first-order chi connectivity index (χ1) is 43.0. The molecule has 10 rings (SSSR count). The van der Waals surface area contributed by atoms with Crippen molar-refractivity contribution >= 4 is 59.7 Å². The van der Waals surface area contributed by atoms with E-state index in [1.54, 1.807) is 303 Å². The van der Waals surface area contributed by atoms with Crippen molar-refractivity contribution in [3.8, 4) is 0 Å². The van der Waals surface area contributed by atoms with Crippen molar-refractivity contribution in [3.63, 3.8) is 0 Å². The second-order valence-electron chi connectivity index (χ2n) is 16.7. The number of aromatic carboxylic acids is 10. The molecule has 0 aromatic heterocycles. The molecule has 10 aromatic carbocycles. The van der Waals surface area contributed by atoms with Crippen LogP contribution in [0, 0.1) is 0 Å². The number of carbonyl (C=O) groups is 10. The van der Waals surface area contributed by atoms with Crippen molar-refractivity contribution in [3.05, 3.63) is 359 Å². The van der Waals surface area contributed by atoms with Gasteiger partial charge in [0.15, 0.2) is 0 Å². The number of hydrogen-bond acceptors (Lipinski definition) is 10. The summed E-state index contributed by atoms with van der Waals surface area (Å²) in [5.41, 5.74) is 3.31. The molecule has 0 spiro atoms. The molecule has 462 valence electrons. The Balaban J connectivity index is 0. The Hall–Kier alpha value is -12.1. The summed E-state index contributed by atoms with van der Waals surface area (Å²) in [5, 5.41) is 83.8. The summed E-state index contributed by atoms with van der Waals surface area (Å²) in [6.45, 7) is 0. The zero-order valence-electron chi connectivity index (χ0n) is 49.4. The van der Waals surface area contributed by atoms with Gasteiger partial charge in [0.05, 0.1) is 55.6 Å². The Morgan fingerprint density at radius 3 is 0.231 bits per heavy atom. The van der Waals surface area contributed by atoms with Gasteiger partial charge < -0.3 is 52.5 Å². The van der Waals surface area contributed by atoms with Gasteiger partial charge in [0, 0.05) is 0 Å². The van der Waals surface area contributed by atoms with Gasteiger partial charge in [-0.2, -0.15) is 0 Å². The second-order valence-corrected chi connectivity index (χ2v) is 16.7. The van der Waals surface area contributed by atoms with E-state index in [1.165, 1.54) is 0 Å². The van der Waals surface area contributed by atoms with Crippen LogP contribution in [0.4, 0.5) is 0 Å². The van der Waals surface area contributed by atoms with Crippen LogP contribution in [0.2, 0.25) is 0 Å². The van der Waals surface area contributed by atoms with E-state index in [9.17, 15) is 47.9 Å². The minimum Gasteiger partial charge on any atom is -1.00 e. The molecule has 0 amide bonds. The van der Waals surface area contributed by atoms with Crippen molar-refractivity contribution in [1.82, 2.24) is 0 Å². The van der Waals surface area contributed by atoms with Gasteiger partial charge in [-0.3, -0.25) is 0 Å². The van der Waals surface area contributed by atoms with Gasteiger partial charge >= 0.3 is 89.3 Å². The fourth-order valence-electron chi connectivity index (χ4n) is 5.81. The van der Waals surface area contributed by atoms with Crippen LogP contribution < -0.4 is 29.6 Å². The molecule has 0 fully saturated rings. The van der Waals surface area contributed by atoms with Gasteiger partial charge in [-0.05, 0) is 121 Å². The summed E-state index contributed by atoms with van der Waals surface area (Å²) in [6, 6.07) is 83.0. The van der Waals surface area contributed by atoms with E-state index in [4.69, 9.17) is 51.1 Å². The third-order valence-electron chi connectivity index (χ3n) is 10.2. The molecule has 0 saturated heterocycles. The van der Waals surface area contributed by atoms with E-state index >= 15 is 0 Å². The third-order valence-corrected chi connectivity index (χ3v) is 10.2. The summed E-state index contributed by atoms with van der Waals surface area (Å²) in [7, 11) is 0. The first-order valence-corrected chi connectivity index (χ1v) is 25.9. The molecule has 0 saturated carbocycles. The van der Waals surface area contributed by atoms with E-state index in [-0.39, 0.29) is 31.0 Å². The van der Waals surface area contributed by atoms with E-state index in [0.29, 0.717) is 55.6 Å². The number of rotatable bonds is 10. The van der Waals surface area contributed by atoms with Crippen molar-refractivity contribution in [2.75, 3.05) is 0 Å². The first kappa shape index (κ1) is 78.9. The molecule has 0 bridgehead atoms. The first-order valence-electron chi connectivity index (χ1n) is 25.9. The van der Waals surface area contributed by atoms with Crippen LogP contribution in [0.25, 0.3) is 0 Å². The van der Waals surface area contributed by atoms with E-state index in [1.807, 2.05) is 0 Å². The van der Waals surface area contributed by atoms with Crippen molar-refractivity contribution in [2.45, 2.75) is 0 Å². The molecule has 0 aliphatic rings. The minimum atomic E-state index is -0.879. The monoisotopic (exact) mass is 1240 g/mol. The molecule has 0 atom stereocenters. The van der Waals surface area contributed by atoms with Crippen LogP contribution in [0.5, 0.6) is 0 Å². The van der Waals surface area contributed by atoms with Gasteiger partial charge in [0.1, 0.15) is 0 Å². The molecular formula is C70H61NaO20. The fourth-order valence-corrected chi connectivity index (χ4v) is 5.81. The van der Waals surface area contributed by atoms with Crippen LogP contribution in [-0.2, 0) is 0 Å². The molecule has 0 heterocycles. The largest absolute Gasteiger partial charge is 1.00 e. The van der Waals surface area contributed by atoms with E-state index in [2.05, 4.69) is 0 Å². The maximum Gasteiger partial charge on any atom is 1.00 e. The summed E-state index contributed by atoms with van der Waals surface area (Å²) in [5.74, 6) is -8.79. The normalized spacial score (nSPS) is 8.79. The van der Waals surface area contributed by atoms with Gasteiger partial charge in [-0.1, -0.05) is 182 Å². The molecule has 10 aromatic rings. The summed E-state index contributed by atoms with van der Waals surface area (Å²) < 4.78 is 0. The van der Waals surface area contributed by atoms with Crippen molar-refractivity contribution < 1.29 is 130 Å². The molecule has 0 aliphatic carbocycles. The van der Waals surface area contributed by atoms with Crippen LogP contribution in [-0.4, -0.2) is 111 Å².